The van der Waals surface area contributed by atoms with E-state index in [1.807, 2.05) is 35.4 Å². The number of hydrogen-bond acceptors (Lipinski definition) is 3. The third kappa shape index (κ3) is 2.71. The van der Waals surface area contributed by atoms with Crippen molar-refractivity contribution in [2.24, 2.45) is 0 Å². The van der Waals surface area contributed by atoms with Gasteiger partial charge in [0, 0.05) is 36.6 Å². The molecule has 0 atom stereocenters. The molecule has 1 N–H and O–H groups in total. The molecule has 0 bridgehead atoms. The second kappa shape index (κ2) is 5.27. The first-order valence-corrected chi connectivity index (χ1v) is 6.37. The maximum Gasteiger partial charge on any atom is 0.249 e. The van der Waals surface area contributed by atoms with E-state index < -0.39 is 0 Å². The monoisotopic (exact) mass is 236 g/mol. The molecule has 2 rings (SSSR count). The van der Waals surface area contributed by atoms with Gasteiger partial charge in [0.25, 0.3) is 0 Å². The Morgan fingerprint density at radius 1 is 1.50 bits per heavy atom. The van der Waals surface area contributed by atoms with Gasteiger partial charge in [-0.1, -0.05) is 6.07 Å². The number of hydrogen-bond donors (Lipinski definition) is 1. The van der Waals surface area contributed by atoms with Gasteiger partial charge >= 0.3 is 0 Å². The maximum atomic E-state index is 12.1. The summed E-state index contributed by atoms with van der Waals surface area (Å²) in [6.45, 7) is 5.32. The van der Waals surface area contributed by atoms with Crippen molar-refractivity contribution in [1.29, 1.82) is 0 Å². The fourth-order valence-corrected chi connectivity index (χ4v) is 2.48. The van der Waals surface area contributed by atoms with Crippen molar-refractivity contribution in [3.05, 3.63) is 28.0 Å². The van der Waals surface area contributed by atoms with Crippen molar-refractivity contribution < 1.29 is 4.79 Å². The Hall–Kier alpha value is -1.13. The van der Waals surface area contributed by atoms with Crippen LogP contribution in [0.5, 0.6) is 0 Å². The minimum absolute atomic E-state index is 0.162. The number of piperazine rings is 1. The largest absolute Gasteiger partial charge is 0.336 e. The SMILES string of the molecule is CC(=Cc1cccs1)C(=O)N1CCNCC1. The molecule has 1 fully saturated rings. The molecular weight excluding hydrogens is 220 g/mol. The number of carbonyl (C=O) groups is 1. The fraction of sp³-hybridized carbons (Fsp3) is 0.417. The lowest BCUT2D eigenvalue weighted by Gasteiger charge is -2.27. The quantitative estimate of drug-likeness (QED) is 0.791. The van der Waals surface area contributed by atoms with Crippen LogP contribution in [0, 0.1) is 0 Å². The lowest BCUT2D eigenvalue weighted by atomic mass is 10.2. The summed E-state index contributed by atoms with van der Waals surface area (Å²) in [5.74, 6) is 0.162. The van der Waals surface area contributed by atoms with Gasteiger partial charge in [-0.2, -0.15) is 0 Å². The Balaban J connectivity index is 2.03. The van der Waals surface area contributed by atoms with Gasteiger partial charge in [0.05, 0.1) is 0 Å². The molecule has 1 aromatic heterocycles. The van der Waals surface area contributed by atoms with Crippen LogP contribution >= 0.6 is 11.3 Å². The first kappa shape index (κ1) is 11.4. The normalized spacial score (nSPS) is 17.6. The Morgan fingerprint density at radius 3 is 2.88 bits per heavy atom. The number of amides is 1. The first-order chi connectivity index (χ1) is 7.77. The molecule has 16 heavy (non-hydrogen) atoms. The van der Waals surface area contributed by atoms with Crippen LogP contribution in [0.15, 0.2) is 23.1 Å². The Labute approximate surface area is 99.8 Å². The van der Waals surface area contributed by atoms with Crippen molar-refractivity contribution in [3.8, 4) is 0 Å². The number of rotatable bonds is 2. The highest BCUT2D eigenvalue weighted by molar-refractivity contribution is 7.10. The highest BCUT2D eigenvalue weighted by Crippen LogP contribution is 2.14. The molecule has 4 heteroatoms. The number of nitrogens with zero attached hydrogens (tertiary/aromatic N) is 1. The van der Waals surface area contributed by atoms with E-state index in [0.29, 0.717) is 0 Å². The standard InChI is InChI=1S/C12H16N2OS/c1-10(9-11-3-2-8-16-11)12(15)14-6-4-13-5-7-14/h2-3,8-9,13H,4-7H2,1H3. The summed E-state index contributed by atoms with van der Waals surface area (Å²) in [6.07, 6.45) is 1.97. The smallest absolute Gasteiger partial charge is 0.249 e. The molecule has 0 spiro atoms. The molecular formula is C12H16N2OS. The summed E-state index contributed by atoms with van der Waals surface area (Å²) < 4.78 is 0. The summed E-state index contributed by atoms with van der Waals surface area (Å²) in [4.78, 5) is 15.1. The van der Waals surface area contributed by atoms with Crippen molar-refractivity contribution in [1.82, 2.24) is 10.2 Å². The van der Waals surface area contributed by atoms with Crippen LogP contribution in [-0.2, 0) is 4.79 Å². The molecule has 0 radical (unpaired) electrons. The van der Waals surface area contributed by atoms with Crippen molar-refractivity contribution in [3.63, 3.8) is 0 Å². The molecule has 3 nitrogen and oxygen atoms in total. The van der Waals surface area contributed by atoms with Crippen LogP contribution in [0.3, 0.4) is 0 Å². The topological polar surface area (TPSA) is 32.3 Å². The Kier molecular flexibility index (Phi) is 3.74. The summed E-state index contributed by atoms with van der Waals surface area (Å²) in [6, 6.07) is 4.03. The second-order valence-electron chi connectivity index (χ2n) is 3.88. The fourth-order valence-electron chi connectivity index (χ4n) is 1.77. The zero-order valence-corrected chi connectivity index (χ0v) is 10.2. The molecule has 0 aliphatic carbocycles. The van der Waals surface area contributed by atoms with Crippen molar-refractivity contribution >= 4 is 23.3 Å². The van der Waals surface area contributed by atoms with Gasteiger partial charge < -0.3 is 10.2 Å². The van der Waals surface area contributed by atoms with Crippen LogP contribution in [0.1, 0.15) is 11.8 Å². The summed E-state index contributed by atoms with van der Waals surface area (Å²) >= 11 is 1.66. The van der Waals surface area contributed by atoms with Crippen molar-refractivity contribution in [2.75, 3.05) is 26.2 Å². The minimum Gasteiger partial charge on any atom is -0.336 e. The van der Waals surface area contributed by atoms with E-state index in [2.05, 4.69) is 5.32 Å². The molecule has 0 saturated carbocycles. The summed E-state index contributed by atoms with van der Waals surface area (Å²) in [5, 5.41) is 5.27. The van der Waals surface area contributed by atoms with E-state index in [9.17, 15) is 4.79 Å². The molecule has 86 valence electrons. The third-order valence-corrected chi connectivity index (χ3v) is 3.46. The van der Waals surface area contributed by atoms with Gasteiger partial charge in [0.15, 0.2) is 0 Å². The van der Waals surface area contributed by atoms with Gasteiger partial charge in [-0.05, 0) is 24.4 Å². The molecule has 1 aromatic rings. The molecule has 2 heterocycles. The maximum absolute atomic E-state index is 12.1. The van der Waals surface area contributed by atoms with Crippen LogP contribution < -0.4 is 5.32 Å². The molecule has 1 amide bonds. The molecule has 0 aromatic carbocycles. The van der Waals surface area contributed by atoms with E-state index >= 15 is 0 Å². The Morgan fingerprint density at radius 2 is 2.25 bits per heavy atom. The van der Waals surface area contributed by atoms with Crippen LogP contribution in [-0.4, -0.2) is 37.0 Å². The lowest BCUT2D eigenvalue weighted by molar-refractivity contribution is -0.127. The van der Waals surface area contributed by atoms with Gasteiger partial charge in [0.2, 0.25) is 5.91 Å². The highest BCUT2D eigenvalue weighted by Gasteiger charge is 2.17. The summed E-state index contributed by atoms with van der Waals surface area (Å²) in [5.41, 5.74) is 0.823. The predicted molar refractivity (Wildman–Crippen MR) is 67.4 cm³/mol. The predicted octanol–water partition coefficient (Wildman–Crippen LogP) is 1.58. The second-order valence-corrected chi connectivity index (χ2v) is 4.86. The molecule has 1 aliphatic rings. The molecule has 1 aliphatic heterocycles. The average Bonchev–Trinajstić information content (AvgIpc) is 2.82. The third-order valence-electron chi connectivity index (χ3n) is 2.64. The number of thiophene rings is 1. The van der Waals surface area contributed by atoms with Gasteiger partial charge in [-0.15, -0.1) is 11.3 Å². The van der Waals surface area contributed by atoms with E-state index in [-0.39, 0.29) is 5.91 Å². The van der Waals surface area contributed by atoms with E-state index in [0.717, 1.165) is 36.6 Å². The first-order valence-electron chi connectivity index (χ1n) is 5.49. The van der Waals surface area contributed by atoms with E-state index in [1.165, 1.54) is 0 Å². The summed E-state index contributed by atoms with van der Waals surface area (Å²) in [7, 11) is 0. The Bertz CT molecular complexity index is 378. The minimum atomic E-state index is 0.162. The number of nitrogens with one attached hydrogen (secondary N) is 1. The number of carbonyl (C=O) groups excluding carboxylic acids is 1. The lowest BCUT2D eigenvalue weighted by Crippen LogP contribution is -2.46. The molecule has 0 unspecified atom stereocenters. The average molecular weight is 236 g/mol. The van der Waals surface area contributed by atoms with Crippen LogP contribution in [0.2, 0.25) is 0 Å². The van der Waals surface area contributed by atoms with Gasteiger partial charge in [-0.25, -0.2) is 0 Å². The highest BCUT2D eigenvalue weighted by atomic mass is 32.1. The van der Waals surface area contributed by atoms with E-state index in [1.54, 1.807) is 11.3 Å². The zero-order chi connectivity index (χ0) is 11.4. The zero-order valence-electron chi connectivity index (χ0n) is 9.40. The van der Waals surface area contributed by atoms with Gasteiger partial charge in [-0.3, -0.25) is 4.79 Å². The van der Waals surface area contributed by atoms with Crippen LogP contribution in [0.25, 0.3) is 6.08 Å². The van der Waals surface area contributed by atoms with Gasteiger partial charge in [0.1, 0.15) is 0 Å². The van der Waals surface area contributed by atoms with Crippen LogP contribution in [0.4, 0.5) is 0 Å². The molecule has 1 saturated heterocycles. The van der Waals surface area contributed by atoms with Crippen molar-refractivity contribution in [2.45, 2.75) is 6.92 Å². The van der Waals surface area contributed by atoms with E-state index in [4.69, 9.17) is 0 Å².